The van der Waals surface area contributed by atoms with Crippen molar-refractivity contribution in [3.8, 4) is 0 Å². The van der Waals surface area contributed by atoms with Crippen molar-refractivity contribution in [3.05, 3.63) is 52.3 Å². The lowest BCUT2D eigenvalue weighted by atomic mass is 10.2. The number of carbonyl (C=O) groups is 1. The maximum atomic E-state index is 12.8. The fourth-order valence-corrected chi connectivity index (χ4v) is 4.36. The summed E-state index contributed by atoms with van der Waals surface area (Å²) in [6.45, 7) is 3.21. The van der Waals surface area contributed by atoms with Crippen LogP contribution in [-0.4, -0.2) is 49.9 Å². The molecular weight excluding hydrogens is 422 g/mol. The van der Waals surface area contributed by atoms with Crippen molar-refractivity contribution in [1.29, 1.82) is 0 Å². The third-order valence-electron chi connectivity index (χ3n) is 4.03. The number of rotatable bonds is 4. The maximum absolute atomic E-state index is 12.8. The number of hydrogen-bond donors (Lipinski definition) is 1. The first-order valence-corrected chi connectivity index (χ1v) is 10.2. The summed E-state index contributed by atoms with van der Waals surface area (Å²) in [6, 6.07) is 6.37. The van der Waals surface area contributed by atoms with E-state index in [0.717, 1.165) is 5.56 Å². The number of nitrogens with zero attached hydrogens (tertiary/aromatic N) is 2. The van der Waals surface area contributed by atoms with Gasteiger partial charge in [0, 0.05) is 35.6 Å². The molecule has 1 fully saturated rings. The van der Waals surface area contributed by atoms with Crippen LogP contribution in [0.25, 0.3) is 0 Å². The Morgan fingerprint density at radius 3 is 2.65 bits per heavy atom. The Balaban J connectivity index is 1.87. The molecule has 0 saturated carbocycles. The molecule has 26 heavy (non-hydrogen) atoms. The standard InChI is InChI=1S/C17H18BrN3O4S/c1-12-2-3-15(26(23,24)21-4-6-25-7-5-21)9-16(12)20-17(22)13-8-14(18)11-19-10-13/h2-3,8-11H,4-7H2,1H3,(H,20,22). The van der Waals surface area contributed by atoms with E-state index in [4.69, 9.17) is 4.74 Å². The van der Waals surface area contributed by atoms with Gasteiger partial charge in [-0.05, 0) is 46.6 Å². The summed E-state index contributed by atoms with van der Waals surface area (Å²) in [5.41, 5.74) is 1.59. The van der Waals surface area contributed by atoms with Crippen LogP contribution in [0.4, 0.5) is 5.69 Å². The van der Waals surface area contributed by atoms with Gasteiger partial charge in [0.1, 0.15) is 0 Å². The third kappa shape index (κ3) is 4.12. The van der Waals surface area contributed by atoms with Gasteiger partial charge in [0.2, 0.25) is 10.0 Å². The second-order valence-corrected chi connectivity index (χ2v) is 8.69. The van der Waals surface area contributed by atoms with E-state index in [-0.39, 0.29) is 10.8 Å². The normalized spacial score (nSPS) is 15.6. The summed E-state index contributed by atoms with van der Waals surface area (Å²) in [6.07, 6.45) is 3.03. The average molecular weight is 440 g/mol. The van der Waals surface area contributed by atoms with E-state index in [1.807, 2.05) is 0 Å². The van der Waals surface area contributed by atoms with Crippen molar-refractivity contribution in [1.82, 2.24) is 9.29 Å². The number of aryl methyl sites for hydroxylation is 1. The van der Waals surface area contributed by atoms with Gasteiger partial charge in [0.15, 0.2) is 0 Å². The lowest BCUT2D eigenvalue weighted by Gasteiger charge is -2.26. The number of morpholine rings is 1. The zero-order chi connectivity index (χ0) is 18.7. The number of sulfonamides is 1. The molecule has 0 spiro atoms. The number of hydrogen-bond acceptors (Lipinski definition) is 5. The van der Waals surface area contributed by atoms with Crippen LogP contribution < -0.4 is 5.32 Å². The summed E-state index contributed by atoms with van der Waals surface area (Å²) in [5.74, 6) is -0.358. The lowest BCUT2D eigenvalue weighted by molar-refractivity contribution is 0.0730. The molecule has 1 aliphatic rings. The molecule has 1 aromatic heterocycles. The molecule has 0 unspecified atom stereocenters. The first-order chi connectivity index (χ1) is 12.4. The zero-order valence-electron chi connectivity index (χ0n) is 14.1. The van der Waals surface area contributed by atoms with Crippen LogP contribution in [0.5, 0.6) is 0 Å². The molecule has 0 aliphatic carbocycles. The Kier molecular flexibility index (Phi) is 5.71. The number of ether oxygens (including phenoxy) is 1. The Morgan fingerprint density at radius 2 is 1.96 bits per heavy atom. The van der Waals surface area contributed by atoms with Crippen LogP contribution in [0, 0.1) is 6.92 Å². The van der Waals surface area contributed by atoms with Crippen molar-refractivity contribution in [2.75, 3.05) is 31.6 Å². The molecule has 1 aromatic carbocycles. The third-order valence-corrected chi connectivity index (χ3v) is 6.36. The molecule has 0 bridgehead atoms. The van der Waals surface area contributed by atoms with Gasteiger partial charge in [0.25, 0.3) is 5.91 Å². The van der Waals surface area contributed by atoms with Crippen molar-refractivity contribution >= 4 is 37.5 Å². The van der Waals surface area contributed by atoms with E-state index < -0.39 is 10.0 Å². The van der Waals surface area contributed by atoms with E-state index in [0.29, 0.717) is 42.0 Å². The van der Waals surface area contributed by atoms with Crippen LogP contribution >= 0.6 is 15.9 Å². The fourth-order valence-electron chi connectivity index (χ4n) is 2.56. The van der Waals surface area contributed by atoms with Crippen molar-refractivity contribution in [3.63, 3.8) is 0 Å². The summed E-state index contributed by atoms with van der Waals surface area (Å²) < 4.78 is 32.9. The van der Waals surface area contributed by atoms with E-state index in [1.54, 1.807) is 31.3 Å². The molecule has 138 valence electrons. The number of carbonyl (C=O) groups excluding carboxylic acids is 1. The molecule has 1 amide bonds. The van der Waals surface area contributed by atoms with Gasteiger partial charge in [-0.2, -0.15) is 4.31 Å². The van der Waals surface area contributed by atoms with Gasteiger partial charge in [-0.15, -0.1) is 0 Å². The largest absolute Gasteiger partial charge is 0.379 e. The second-order valence-electron chi connectivity index (χ2n) is 5.84. The molecule has 3 rings (SSSR count). The molecule has 2 heterocycles. The van der Waals surface area contributed by atoms with Crippen molar-refractivity contribution in [2.45, 2.75) is 11.8 Å². The van der Waals surface area contributed by atoms with Crippen molar-refractivity contribution in [2.24, 2.45) is 0 Å². The predicted molar refractivity (Wildman–Crippen MR) is 101 cm³/mol. The highest BCUT2D eigenvalue weighted by atomic mass is 79.9. The first kappa shape index (κ1) is 19.0. The zero-order valence-corrected chi connectivity index (χ0v) is 16.5. The number of benzene rings is 1. The van der Waals surface area contributed by atoms with Gasteiger partial charge in [-0.1, -0.05) is 6.07 Å². The topological polar surface area (TPSA) is 88.6 Å². The molecule has 9 heteroatoms. The predicted octanol–water partition coefficient (Wildman–Crippen LogP) is 2.43. The SMILES string of the molecule is Cc1ccc(S(=O)(=O)N2CCOCC2)cc1NC(=O)c1cncc(Br)c1. The number of nitrogens with one attached hydrogen (secondary N) is 1. The van der Waals surface area contributed by atoms with Crippen LogP contribution in [0.2, 0.25) is 0 Å². The molecule has 1 aliphatic heterocycles. The second kappa shape index (κ2) is 7.83. The minimum atomic E-state index is -3.63. The highest BCUT2D eigenvalue weighted by Gasteiger charge is 2.27. The first-order valence-electron chi connectivity index (χ1n) is 7.98. The molecule has 1 saturated heterocycles. The number of aromatic nitrogens is 1. The molecule has 0 radical (unpaired) electrons. The minimum Gasteiger partial charge on any atom is -0.379 e. The summed E-state index contributed by atoms with van der Waals surface area (Å²) >= 11 is 3.27. The number of amides is 1. The number of halogens is 1. The Labute approximate surface area is 160 Å². The van der Waals surface area contributed by atoms with Crippen molar-refractivity contribution < 1.29 is 17.9 Å². The van der Waals surface area contributed by atoms with Crippen LogP contribution in [-0.2, 0) is 14.8 Å². The van der Waals surface area contributed by atoms with Crippen LogP contribution in [0.1, 0.15) is 15.9 Å². The van der Waals surface area contributed by atoms with Gasteiger partial charge in [-0.25, -0.2) is 8.42 Å². The average Bonchev–Trinajstić information content (AvgIpc) is 2.64. The van der Waals surface area contributed by atoms with Crippen LogP contribution in [0.3, 0.4) is 0 Å². The van der Waals surface area contributed by atoms with Gasteiger partial charge >= 0.3 is 0 Å². The quantitative estimate of drug-likeness (QED) is 0.789. The smallest absolute Gasteiger partial charge is 0.257 e. The Bertz CT molecular complexity index is 927. The van der Waals surface area contributed by atoms with E-state index >= 15 is 0 Å². The van der Waals surface area contributed by atoms with Crippen LogP contribution in [0.15, 0.2) is 46.0 Å². The van der Waals surface area contributed by atoms with E-state index in [9.17, 15) is 13.2 Å². The summed E-state index contributed by atoms with van der Waals surface area (Å²) in [7, 11) is -3.63. The monoisotopic (exact) mass is 439 g/mol. The Hall–Kier alpha value is -1.81. The van der Waals surface area contributed by atoms with Gasteiger partial charge in [0.05, 0.1) is 23.7 Å². The van der Waals surface area contributed by atoms with Gasteiger partial charge < -0.3 is 10.1 Å². The van der Waals surface area contributed by atoms with Gasteiger partial charge in [-0.3, -0.25) is 9.78 Å². The summed E-state index contributed by atoms with van der Waals surface area (Å²) in [4.78, 5) is 16.5. The molecule has 7 nitrogen and oxygen atoms in total. The molecule has 1 N–H and O–H groups in total. The minimum absolute atomic E-state index is 0.146. The molecule has 0 atom stereocenters. The molecular formula is C17H18BrN3O4S. The summed E-state index contributed by atoms with van der Waals surface area (Å²) in [5, 5.41) is 2.76. The number of anilines is 1. The maximum Gasteiger partial charge on any atom is 0.257 e. The highest BCUT2D eigenvalue weighted by molar-refractivity contribution is 9.10. The van der Waals surface area contributed by atoms with E-state index in [2.05, 4.69) is 26.2 Å². The molecule has 2 aromatic rings. The highest BCUT2D eigenvalue weighted by Crippen LogP contribution is 2.24. The lowest BCUT2D eigenvalue weighted by Crippen LogP contribution is -2.40. The van der Waals surface area contributed by atoms with E-state index in [1.165, 1.54) is 16.6 Å². The fraction of sp³-hybridized carbons (Fsp3) is 0.294. The number of pyridine rings is 1. The Morgan fingerprint density at radius 1 is 1.23 bits per heavy atom.